The van der Waals surface area contributed by atoms with E-state index in [2.05, 4.69) is 20.2 Å². The van der Waals surface area contributed by atoms with Crippen LogP contribution in [0.4, 0.5) is 0 Å². The second-order valence-electron chi connectivity index (χ2n) is 7.17. The predicted molar refractivity (Wildman–Crippen MR) is 107 cm³/mol. The van der Waals surface area contributed by atoms with Crippen molar-refractivity contribution in [3.63, 3.8) is 0 Å². The molecule has 3 N–H and O–H groups in total. The molecule has 1 atom stereocenters. The highest BCUT2D eigenvalue weighted by Gasteiger charge is 2.23. The van der Waals surface area contributed by atoms with Gasteiger partial charge in [-0.1, -0.05) is 12.1 Å². The Hall–Kier alpha value is -3.45. The first-order valence-corrected chi connectivity index (χ1v) is 9.38. The third kappa shape index (κ3) is 2.16. The molecule has 1 saturated heterocycles. The van der Waals surface area contributed by atoms with Gasteiger partial charge in [0.1, 0.15) is 11.9 Å². The number of nitrogens with zero attached hydrogens (tertiary/aromatic N) is 2. The van der Waals surface area contributed by atoms with Crippen LogP contribution in [-0.2, 0) is 4.74 Å². The molecule has 2 aromatic carbocycles. The Balaban J connectivity index is 1.74. The van der Waals surface area contributed by atoms with E-state index >= 15 is 0 Å². The number of ether oxygens (including phenoxy) is 1. The first-order valence-electron chi connectivity index (χ1n) is 9.38. The van der Waals surface area contributed by atoms with E-state index < -0.39 is 0 Å². The topological polar surface area (TPSA) is 99.5 Å². The lowest BCUT2D eigenvalue weighted by atomic mass is 9.98. The van der Waals surface area contributed by atoms with Gasteiger partial charge in [-0.05, 0) is 36.4 Å². The summed E-state index contributed by atoms with van der Waals surface area (Å²) in [7, 11) is 0. The van der Waals surface area contributed by atoms with Gasteiger partial charge >= 0.3 is 0 Å². The Morgan fingerprint density at radius 3 is 2.89 bits per heavy atom. The van der Waals surface area contributed by atoms with Crippen LogP contribution >= 0.6 is 0 Å². The molecular weight excluding hydrogens is 354 g/mol. The van der Waals surface area contributed by atoms with E-state index in [0.29, 0.717) is 5.39 Å². The minimum absolute atomic E-state index is 0.0104. The van der Waals surface area contributed by atoms with E-state index in [1.807, 2.05) is 30.3 Å². The number of aromatic nitrogens is 5. The standard InChI is InChI=1S/C21H17N5O2/c27-21-17-13(5-7-22-21)19-18(24-20(25-19)16-2-1-9-28-16)12-4-3-11(10-14(12)17)15-6-8-23-26-15/h3-8,10,16H,1-2,9H2,(H,22,27)(H,23,26)(H,24,25). The van der Waals surface area contributed by atoms with Crippen LogP contribution in [0.15, 0.2) is 47.5 Å². The van der Waals surface area contributed by atoms with Gasteiger partial charge in [-0.2, -0.15) is 5.10 Å². The van der Waals surface area contributed by atoms with Crippen molar-refractivity contribution in [1.29, 1.82) is 0 Å². The molecule has 0 aliphatic carbocycles. The van der Waals surface area contributed by atoms with Crippen LogP contribution in [0.3, 0.4) is 0 Å². The fourth-order valence-electron chi connectivity index (χ4n) is 4.22. The molecule has 7 nitrogen and oxygen atoms in total. The summed E-state index contributed by atoms with van der Waals surface area (Å²) in [6, 6.07) is 9.94. The molecule has 3 aromatic heterocycles. The average molecular weight is 371 g/mol. The summed E-state index contributed by atoms with van der Waals surface area (Å²) in [5.41, 5.74) is 3.52. The summed E-state index contributed by atoms with van der Waals surface area (Å²) < 4.78 is 5.81. The summed E-state index contributed by atoms with van der Waals surface area (Å²) in [6.45, 7) is 0.760. The molecule has 1 aliphatic heterocycles. The number of pyridine rings is 1. The van der Waals surface area contributed by atoms with Gasteiger partial charge in [0.2, 0.25) is 0 Å². The Kier molecular flexibility index (Phi) is 3.21. The number of aromatic amines is 3. The van der Waals surface area contributed by atoms with E-state index in [9.17, 15) is 4.79 Å². The molecule has 5 aromatic rings. The minimum Gasteiger partial charge on any atom is -0.370 e. The maximum atomic E-state index is 12.8. The van der Waals surface area contributed by atoms with Crippen LogP contribution in [0.5, 0.6) is 0 Å². The molecule has 0 saturated carbocycles. The molecule has 1 fully saturated rings. The maximum Gasteiger partial charge on any atom is 0.256 e. The quantitative estimate of drug-likeness (QED) is 0.411. The Bertz CT molecular complexity index is 1390. The van der Waals surface area contributed by atoms with Gasteiger partial charge in [0.15, 0.2) is 0 Å². The average Bonchev–Trinajstić information content (AvgIpc) is 3.49. The lowest BCUT2D eigenvalue weighted by Crippen LogP contribution is -2.05. The zero-order valence-corrected chi connectivity index (χ0v) is 15.0. The molecule has 0 radical (unpaired) electrons. The number of hydrogen-bond acceptors (Lipinski definition) is 4. The zero-order valence-electron chi connectivity index (χ0n) is 15.0. The second-order valence-corrected chi connectivity index (χ2v) is 7.17. The van der Waals surface area contributed by atoms with E-state index in [-0.39, 0.29) is 11.7 Å². The van der Waals surface area contributed by atoms with E-state index in [1.165, 1.54) is 0 Å². The summed E-state index contributed by atoms with van der Waals surface area (Å²) in [5.74, 6) is 0.833. The minimum atomic E-state index is -0.118. The van der Waals surface area contributed by atoms with Crippen LogP contribution in [0.1, 0.15) is 24.8 Å². The molecule has 6 rings (SSSR count). The van der Waals surface area contributed by atoms with E-state index in [0.717, 1.165) is 63.7 Å². The van der Waals surface area contributed by atoms with Crippen molar-refractivity contribution in [3.8, 4) is 11.3 Å². The summed E-state index contributed by atoms with van der Waals surface area (Å²) in [4.78, 5) is 23.9. The monoisotopic (exact) mass is 371 g/mol. The highest BCUT2D eigenvalue weighted by Crippen LogP contribution is 2.36. The third-order valence-electron chi connectivity index (χ3n) is 5.54. The number of nitrogens with one attached hydrogen (secondary N) is 3. The highest BCUT2D eigenvalue weighted by atomic mass is 16.5. The fraction of sp³-hybridized carbons (Fsp3) is 0.190. The van der Waals surface area contributed by atoms with Crippen molar-refractivity contribution in [1.82, 2.24) is 25.1 Å². The summed E-state index contributed by atoms with van der Waals surface area (Å²) in [5, 5.41) is 10.4. The highest BCUT2D eigenvalue weighted by molar-refractivity contribution is 6.23. The molecular formula is C21H17N5O2. The Morgan fingerprint density at radius 1 is 1.11 bits per heavy atom. The van der Waals surface area contributed by atoms with Gasteiger partial charge in [0.25, 0.3) is 5.56 Å². The fourth-order valence-corrected chi connectivity index (χ4v) is 4.22. The van der Waals surface area contributed by atoms with Crippen molar-refractivity contribution in [2.45, 2.75) is 18.9 Å². The van der Waals surface area contributed by atoms with Crippen molar-refractivity contribution >= 4 is 32.6 Å². The van der Waals surface area contributed by atoms with E-state index in [4.69, 9.17) is 9.72 Å². The SMILES string of the molecule is O=c1[nH]ccc2c3nc(C4CCCO4)[nH]c3c3ccc(-c4ccn[nH]4)cc3c12. The first kappa shape index (κ1) is 15.6. The van der Waals surface area contributed by atoms with Crippen molar-refractivity contribution in [2.24, 2.45) is 0 Å². The first-order chi connectivity index (χ1) is 13.8. The summed E-state index contributed by atoms with van der Waals surface area (Å²) >= 11 is 0. The number of imidazole rings is 1. The van der Waals surface area contributed by atoms with Crippen molar-refractivity contribution in [2.75, 3.05) is 6.61 Å². The summed E-state index contributed by atoms with van der Waals surface area (Å²) in [6.07, 6.45) is 5.38. The number of hydrogen-bond donors (Lipinski definition) is 3. The molecule has 4 heterocycles. The smallest absolute Gasteiger partial charge is 0.256 e. The van der Waals surface area contributed by atoms with Gasteiger partial charge < -0.3 is 14.7 Å². The molecule has 0 amide bonds. The predicted octanol–water partition coefficient (Wildman–Crippen LogP) is 3.80. The van der Waals surface area contributed by atoms with Crippen molar-refractivity contribution < 1.29 is 4.74 Å². The molecule has 28 heavy (non-hydrogen) atoms. The van der Waals surface area contributed by atoms with Crippen LogP contribution in [0.25, 0.3) is 43.8 Å². The Labute approximate surface area is 158 Å². The molecule has 138 valence electrons. The van der Waals surface area contributed by atoms with Gasteiger partial charge in [0.05, 0.1) is 22.1 Å². The van der Waals surface area contributed by atoms with Gasteiger partial charge in [-0.25, -0.2) is 4.98 Å². The largest absolute Gasteiger partial charge is 0.370 e. The number of fused-ring (bicyclic) bond motifs is 6. The number of H-pyrrole nitrogens is 3. The Morgan fingerprint density at radius 2 is 2.07 bits per heavy atom. The maximum absolute atomic E-state index is 12.8. The van der Waals surface area contributed by atoms with Crippen molar-refractivity contribution in [3.05, 3.63) is 58.9 Å². The molecule has 0 bridgehead atoms. The van der Waals surface area contributed by atoms with Crippen LogP contribution in [0.2, 0.25) is 0 Å². The lowest BCUT2D eigenvalue weighted by Gasteiger charge is -2.07. The van der Waals surface area contributed by atoms with E-state index in [1.54, 1.807) is 12.4 Å². The number of rotatable bonds is 2. The molecule has 1 aliphatic rings. The van der Waals surface area contributed by atoms with Crippen LogP contribution in [-0.4, -0.2) is 31.8 Å². The third-order valence-corrected chi connectivity index (χ3v) is 5.54. The molecule has 1 unspecified atom stereocenters. The zero-order chi connectivity index (χ0) is 18.7. The normalized spacial score (nSPS) is 17.2. The van der Waals surface area contributed by atoms with Gasteiger partial charge in [-0.15, -0.1) is 0 Å². The van der Waals surface area contributed by atoms with Crippen LogP contribution < -0.4 is 5.56 Å². The second kappa shape index (κ2) is 5.77. The van der Waals surface area contributed by atoms with Crippen LogP contribution in [0, 0.1) is 0 Å². The lowest BCUT2D eigenvalue weighted by molar-refractivity contribution is 0.106. The van der Waals surface area contributed by atoms with Gasteiger partial charge in [-0.3, -0.25) is 9.89 Å². The van der Waals surface area contributed by atoms with Gasteiger partial charge in [0, 0.05) is 35.3 Å². The number of benzene rings is 2. The molecule has 0 spiro atoms. The molecule has 7 heteroatoms.